The fourth-order valence-electron chi connectivity index (χ4n) is 4.17. The topological polar surface area (TPSA) is 36.4 Å². The van der Waals surface area contributed by atoms with E-state index in [1.165, 1.54) is 32.4 Å². The highest BCUT2D eigenvalue weighted by atomic mass is 16.2. The molecule has 3 fully saturated rings. The van der Waals surface area contributed by atoms with Gasteiger partial charge in [0.25, 0.3) is 0 Å². The smallest absolute Gasteiger partial charge is 0.226 e. The predicted octanol–water partition coefficient (Wildman–Crippen LogP) is 3.14. The van der Waals surface area contributed by atoms with E-state index in [0.717, 1.165) is 50.2 Å². The van der Waals surface area contributed by atoms with Crippen LogP contribution < -0.4 is 0 Å². The molecule has 2 saturated heterocycles. The van der Waals surface area contributed by atoms with Crippen molar-refractivity contribution >= 4 is 5.91 Å². The molecule has 4 rings (SSSR count). The molecule has 3 aliphatic rings. The lowest BCUT2D eigenvalue weighted by molar-refractivity contribution is -0.139. The van der Waals surface area contributed by atoms with E-state index in [-0.39, 0.29) is 6.04 Å². The Labute approximate surface area is 138 Å². The summed E-state index contributed by atoms with van der Waals surface area (Å²) in [7, 11) is 0. The Morgan fingerprint density at radius 2 is 1.87 bits per heavy atom. The summed E-state index contributed by atoms with van der Waals surface area (Å²) in [5.74, 6) is 0.675. The summed E-state index contributed by atoms with van der Waals surface area (Å²) < 4.78 is 0. The second-order valence-electron chi connectivity index (χ2n) is 7.35. The lowest BCUT2D eigenvalue weighted by Crippen LogP contribution is -2.38. The maximum absolute atomic E-state index is 12.7. The van der Waals surface area contributed by atoms with E-state index >= 15 is 0 Å². The van der Waals surface area contributed by atoms with Gasteiger partial charge < -0.3 is 4.90 Å². The molecule has 124 valence electrons. The molecule has 0 radical (unpaired) electrons. The highest BCUT2D eigenvalue weighted by molar-refractivity contribution is 5.80. The summed E-state index contributed by atoms with van der Waals surface area (Å²) in [6, 6.07) is 6.58. The molecule has 3 heterocycles. The number of pyridine rings is 1. The van der Waals surface area contributed by atoms with Gasteiger partial charge >= 0.3 is 0 Å². The Hall–Kier alpha value is -1.42. The van der Waals surface area contributed by atoms with Gasteiger partial charge in [0.1, 0.15) is 0 Å². The lowest BCUT2D eigenvalue weighted by atomic mass is 9.84. The number of carbonyl (C=O) groups excluding carboxylic acids is 1. The third-order valence-corrected chi connectivity index (χ3v) is 5.74. The molecule has 1 atom stereocenters. The van der Waals surface area contributed by atoms with E-state index in [9.17, 15) is 4.79 Å². The van der Waals surface area contributed by atoms with Crippen molar-refractivity contribution < 1.29 is 4.79 Å². The van der Waals surface area contributed by atoms with Gasteiger partial charge in [0.05, 0.1) is 17.4 Å². The van der Waals surface area contributed by atoms with Gasteiger partial charge in [-0.15, -0.1) is 0 Å². The summed E-state index contributed by atoms with van der Waals surface area (Å²) in [6.07, 6.45) is 8.20. The molecule has 4 heteroatoms. The third kappa shape index (κ3) is 3.14. The summed E-state index contributed by atoms with van der Waals surface area (Å²) in [4.78, 5) is 22.2. The highest BCUT2D eigenvalue weighted by Crippen LogP contribution is 2.36. The van der Waals surface area contributed by atoms with Gasteiger partial charge in [-0.1, -0.05) is 12.5 Å². The average Bonchev–Trinajstić information content (AvgIpc) is 3.16. The molecule has 4 nitrogen and oxygen atoms in total. The van der Waals surface area contributed by atoms with E-state index < -0.39 is 0 Å². The number of amides is 1. The Morgan fingerprint density at radius 1 is 1.04 bits per heavy atom. The number of rotatable bonds is 4. The zero-order valence-corrected chi connectivity index (χ0v) is 13.9. The largest absolute Gasteiger partial charge is 0.334 e. The molecule has 0 spiro atoms. The van der Waals surface area contributed by atoms with Gasteiger partial charge in [0.2, 0.25) is 5.91 Å². The van der Waals surface area contributed by atoms with Gasteiger partial charge in [-0.2, -0.15) is 0 Å². The van der Waals surface area contributed by atoms with Crippen LogP contribution in [-0.4, -0.2) is 40.3 Å². The fraction of sp³-hybridized carbons (Fsp3) is 0.684. The minimum absolute atomic E-state index is 0.210. The van der Waals surface area contributed by atoms with Crippen LogP contribution in [0, 0.1) is 5.92 Å². The monoisotopic (exact) mass is 313 g/mol. The van der Waals surface area contributed by atoms with Crippen LogP contribution in [0.5, 0.6) is 0 Å². The first-order valence-corrected chi connectivity index (χ1v) is 9.30. The van der Waals surface area contributed by atoms with E-state index in [0.29, 0.717) is 11.8 Å². The molecule has 0 aromatic carbocycles. The number of nitrogens with zero attached hydrogens (tertiary/aromatic N) is 3. The number of hydrogen-bond acceptors (Lipinski definition) is 3. The molecule has 1 aliphatic carbocycles. The fourth-order valence-corrected chi connectivity index (χ4v) is 4.17. The Kier molecular flexibility index (Phi) is 4.34. The number of carbonyl (C=O) groups is 1. The van der Waals surface area contributed by atoms with Gasteiger partial charge in [0.15, 0.2) is 0 Å². The van der Waals surface area contributed by atoms with E-state index in [2.05, 4.69) is 28.0 Å². The lowest BCUT2D eigenvalue weighted by Gasteiger charge is -2.32. The number of aromatic nitrogens is 1. The second kappa shape index (κ2) is 6.60. The molecule has 0 N–H and O–H groups in total. The normalized spacial score (nSPS) is 25.7. The molecule has 1 unspecified atom stereocenters. The van der Waals surface area contributed by atoms with Crippen molar-refractivity contribution in [2.24, 2.45) is 5.92 Å². The quantitative estimate of drug-likeness (QED) is 0.857. The molecule has 1 aromatic heterocycles. The van der Waals surface area contributed by atoms with Crippen LogP contribution in [-0.2, 0) is 11.3 Å². The third-order valence-electron chi connectivity index (χ3n) is 5.74. The molecule has 0 bridgehead atoms. The Balaban J connectivity index is 1.48. The zero-order chi connectivity index (χ0) is 15.6. The average molecular weight is 313 g/mol. The molecule has 23 heavy (non-hydrogen) atoms. The second-order valence-corrected chi connectivity index (χ2v) is 7.35. The highest BCUT2D eigenvalue weighted by Gasteiger charge is 2.36. The van der Waals surface area contributed by atoms with E-state index in [4.69, 9.17) is 4.98 Å². The molecular formula is C19H27N3O. The van der Waals surface area contributed by atoms with Crippen molar-refractivity contribution in [3.63, 3.8) is 0 Å². The summed E-state index contributed by atoms with van der Waals surface area (Å²) >= 11 is 0. The maximum Gasteiger partial charge on any atom is 0.226 e. The minimum atomic E-state index is 0.210. The Morgan fingerprint density at radius 3 is 2.61 bits per heavy atom. The first-order chi connectivity index (χ1) is 11.3. The predicted molar refractivity (Wildman–Crippen MR) is 89.8 cm³/mol. The molecule has 1 saturated carbocycles. The van der Waals surface area contributed by atoms with Crippen LogP contribution in [0.2, 0.25) is 0 Å². The van der Waals surface area contributed by atoms with Crippen molar-refractivity contribution in [2.45, 2.75) is 57.5 Å². The number of likely N-dealkylation sites (tertiary alicyclic amines) is 2. The zero-order valence-electron chi connectivity index (χ0n) is 13.9. The van der Waals surface area contributed by atoms with E-state index in [1.807, 2.05) is 0 Å². The summed E-state index contributed by atoms with van der Waals surface area (Å²) in [6.45, 7) is 4.26. The first-order valence-electron chi connectivity index (χ1n) is 9.30. The molecular weight excluding hydrogens is 286 g/mol. The summed E-state index contributed by atoms with van der Waals surface area (Å²) in [5, 5.41) is 0. The summed E-state index contributed by atoms with van der Waals surface area (Å²) in [5.41, 5.74) is 2.26. The molecule has 2 aliphatic heterocycles. The van der Waals surface area contributed by atoms with Crippen LogP contribution in [0.1, 0.15) is 62.4 Å². The standard InChI is InChI=1S/C19H27N3O/c23-19(15-6-3-7-15)22-13-5-10-18(22)17-9-4-8-16(20-17)14-21-11-1-2-12-21/h4,8-9,15,18H,1-3,5-7,10-14H2. The van der Waals surface area contributed by atoms with Crippen LogP contribution in [0.4, 0.5) is 0 Å². The van der Waals surface area contributed by atoms with Gasteiger partial charge in [-0.3, -0.25) is 14.7 Å². The van der Waals surface area contributed by atoms with Crippen LogP contribution in [0.3, 0.4) is 0 Å². The van der Waals surface area contributed by atoms with Crippen molar-refractivity contribution in [1.82, 2.24) is 14.8 Å². The Bertz CT molecular complexity index is 563. The van der Waals surface area contributed by atoms with Gasteiger partial charge in [-0.25, -0.2) is 0 Å². The van der Waals surface area contributed by atoms with E-state index in [1.54, 1.807) is 0 Å². The van der Waals surface area contributed by atoms with Crippen LogP contribution >= 0.6 is 0 Å². The van der Waals surface area contributed by atoms with Crippen molar-refractivity contribution in [3.8, 4) is 0 Å². The first kappa shape index (κ1) is 15.1. The van der Waals surface area contributed by atoms with Crippen LogP contribution in [0.25, 0.3) is 0 Å². The van der Waals surface area contributed by atoms with Gasteiger partial charge in [-0.05, 0) is 63.7 Å². The SMILES string of the molecule is O=C(C1CCC1)N1CCCC1c1cccc(CN2CCCC2)n1. The molecule has 1 amide bonds. The molecule has 1 aromatic rings. The van der Waals surface area contributed by atoms with Crippen molar-refractivity contribution in [2.75, 3.05) is 19.6 Å². The van der Waals surface area contributed by atoms with Crippen molar-refractivity contribution in [1.29, 1.82) is 0 Å². The number of hydrogen-bond donors (Lipinski definition) is 0. The van der Waals surface area contributed by atoms with Crippen molar-refractivity contribution in [3.05, 3.63) is 29.6 Å². The minimum Gasteiger partial charge on any atom is -0.334 e. The van der Waals surface area contributed by atoms with Gasteiger partial charge in [0, 0.05) is 19.0 Å². The maximum atomic E-state index is 12.7. The van der Waals surface area contributed by atoms with Crippen LogP contribution in [0.15, 0.2) is 18.2 Å².